The lowest BCUT2D eigenvalue weighted by molar-refractivity contribution is 0.415. The zero-order valence-electron chi connectivity index (χ0n) is 11.7. The molecule has 0 aliphatic heterocycles. The van der Waals surface area contributed by atoms with Gasteiger partial charge in [-0.05, 0) is 35.9 Å². The van der Waals surface area contributed by atoms with Crippen molar-refractivity contribution in [3.8, 4) is 11.8 Å². The lowest BCUT2D eigenvalue weighted by atomic mass is 10.2. The Bertz CT molecular complexity index is 906. The molecule has 0 saturated carbocycles. The predicted molar refractivity (Wildman–Crippen MR) is 101 cm³/mol. The number of benzene rings is 1. The van der Waals surface area contributed by atoms with Gasteiger partial charge in [0.15, 0.2) is 5.65 Å². The first-order chi connectivity index (χ1) is 11.2. The summed E-state index contributed by atoms with van der Waals surface area (Å²) in [6, 6.07) is 9.55. The Labute approximate surface area is 153 Å². The van der Waals surface area contributed by atoms with E-state index >= 15 is 0 Å². The molecule has 2 heterocycles. The molecule has 1 N–H and O–H groups in total. The third kappa shape index (κ3) is 3.17. The second kappa shape index (κ2) is 6.82. The number of ether oxygens (including phenoxy) is 1. The molecule has 0 bridgehead atoms. The number of methoxy groups -OCH3 is 1. The van der Waals surface area contributed by atoms with E-state index in [0.29, 0.717) is 22.4 Å². The van der Waals surface area contributed by atoms with E-state index < -0.39 is 0 Å². The van der Waals surface area contributed by atoms with Gasteiger partial charge in [-0.15, -0.1) is 0 Å². The van der Waals surface area contributed by atoms with Crippen molar-refractivity contribution in [3.63, 3.8) is 0 Å². The fraction of sp³-hybridized carbons (Fsp3) is 0.0714. The van der Waals surface area contributed by atoms with Crippen LogP contribution >= 0.6 is 41.9 Å². The van der Waals surface area contributed by atoms with Crippen molar-refractivity contribution in [2.24, 2.45) is 0 Å². The van der Waals surface area contributed by atoms with E-state index in [1.54, 1.807) is 17.3 Å². The van der Waals surface area contributed by atoms with Crippen LogP contribution in [0, 0.1) is 11.3 Å². The summed E-state index contributed by atoms with van der Waals surface area (Å²) >= 11 is 8.15. The van der Waals surface area contributed by atoms with Gasteiger partial charge in [0.1, 0.15) is 17.6 Å². The number of halogens is 2. The van der Waals surface area contributed by atoms with Crippen molar-refractivity contribution < 1.29 is 4.74 Å². The molecule has 116 valence electrons. The number of fused-ring (bicyclic) bond motifs is 1. The Hall–Kier alpha value is -1.70. The monoisotopic (exact) mass is 457 g/mol. The van der Waals surface area contributed by atoms with Crippen LogP contribution in [0.1, 0.15) is 5.56 Å². The molecule has 0 aliphatic carbocycles. The Morgan fingerprint density at radius 2 is 2.09 bits per heavy atom. The number of hydrogen-bond acceptors (Lipinski definition) is 6. The minimum Gasteiger partial charge on any atom is -0.497 e. The van der Waals surface area contributed by atoms with Crippen molar-refractivity contribution in [3.05, 3.63) is 41.3 Å². The molecule has 0 saturated heterocycles. The largest absolute Gasteiger partial charge is 0.497 e. The highest BCUT2D eigenvalue weighted by Gasteiger charge is 2.17. The first kappa shape index (κ1) is 16.2. The Balaban J connectivity index is 2.12. The van der Waals surface area contributed by atoms with E-state index in [1.165, 1.54) is 9.12 Å². The van der Waals surface area contributed by atoms with Gasteiger partial charge in [-0.25, -0.2) is 0 Å². The first-order valence-corrected chi connectivity index (χ1v) is 10.0. The van der Waals surface area contributed by atoms with Crippen molar-refractivity contribution in [1.29, 1.82) is 5.26 Å². The lowest BCUT2D eigenvalue weighted by Crippen LogP contribution is -1.98. The normalized spacial score (nSPS) is 10.5. The summed E-state index contributed by atoms with van der Waals surface area (Å²) in [6.07, 6.45) is 1.71. The maximum Gasteiger partial charge on any atom is 0.226 e. The minimum absolute atomic E-state index is 0.114. The van der Waals surface area contributed by atoms with E-state index in [-0.39, 0.29) is 5.28 Å². The highest BCUT2D eigenvalue weighted by atomic mass is 127. The zero-order chi connectivity index (χ0) is 16.4. The maximum absolute atomic E-state index is 9.36. The molecule has 0 aliphatic rings. The second-order valence-corrected chi connectivity index (χ2v) is 6.49. The molecule has 23 heavy (non-hydrogen) atoms. The average molecular weight is 458 g/mol. The Morgan fingerprint density at radius 3 is 2.70 bits per heavy atom. The number of nitriles is 1. The van der Waals surface area contributed by atoms with E-state index in [1.807, 2.05) is 24.3 Å². The van der Waals surface area contributed by atoms with E-state index in [0.717, 1.165) is 11.4 Å². The van der Waals surface area contributed by atoms with Crippen molar-refractivity contribution in [2.75, 3.05) is 12.4 Å². The Morgan fingerprint density at radius 1 is 1.35 bits per heavy atom. The van der Waals surface area contributed by atoms with Crippen LogP contribution in [0.5, 0.6) is 5.75 Å². The fourth-order valence-corrected chi connectivity index (χ4v) is 3.52. The molecule has 2 aromatic heterocycles. The summed E-state index contributed by atoms with van der Waals surface area (Å²) in [5, 5.41) is 13.3. The molecule has 0 spiro atoms. The van der Waals surface area contributed by atoms with Crippen LogP contribution in [0.2, 0.25) is 5.28 Å². The average Bonchev–Trinajstić information content (AvgIpc) is 2.93. The van der Waals surface area contributed by atoms with Gasteiger partial charge in [0.25, 0.3) is 0 Å². The molecular weight excluding hydrogens is 449 g/mol. The highest BCUT2D eigenvalue weighted by molar-refractivity contribution is 14.2. The smallest absolute Gasteiger partial charge is 0.226 e. The summed E-state index contributed by atoms with van der Waals surface area (Å²) < 4.78 is 6.92. The Kier molecular flexibility index (Phi) is 4.79. The number of nitrogens with zero attached hydrogens (tertiary/aromatic N) is 4. The van der Waals surface area contributed by atoms with E-state index in [2.05, 4.69) is 42.6 Å². The van der Waals surface area contributed by atoms with Crippen molar-refractivity contribution >= 4 is 64.5 Å². The van der Waals surface area contributed by atoms with Crippen molar-refractivity contribution in [1.82, 2.24) is 13.9 Å². The summed E-state index contributed by atoms with van der Waals surface area (Å²) in [6.45, 7) is 0. The molecule has 6 nitrogen and oxygen atoms in total. The fourth-order valence-electron chi connectivity index (χ4n) is 2.11. The number of anilines is 2. The van der Waals surface area contributed by atoms with Gasteiger partial charge in [0.2, 0.25) is 5.28 Å². The molecule has 9 heteroatoms. The molecule has 0 fully saturated rings. The lowest BCUT2D eigenvalue weighted by Gasteiger charge is -2.08. The van der Waals surface area contributed by atoms with Gasteiger partial charge in [0.05, 0.1) is 18.1 Å². The van der Waals surface area contributed by atoms with E-state index in [9.17, 15) is 5.26 Å². The van der Waals surface area contributed by atoms with Gasteiger partial charge < -0.3 is 10.1 Å². The second-order valence-electron chi connectivity index (χ2n) is 4.44. The number of nitrogens with one attached hydrogen (secondary N) is 1. The van der Waals surface area contributed by atoms with E-state index in [4.69, 9.17) is 16.3 Å². The van der Waals surface area contributed by atoms with Gasteiger partial charge in [0, 0.05) is 42.2 Å². The number of rotatable bonds is 4. The SMILES string of the molecule is COc1ccc(Nc2nc(Cl)nc3c2c(C#N)cn3SI)cc1. The van der Waals surface area contributed by atoms with Gasteiger partial charge >= 0.3 is 0 Å². The van der Waals surface area contributed by atoms with Crippen LogP contribution < -0.4 is 10.1 Å². The number of aromatic nitrogens is 3. The molecule has 0 atom stereocenters. The summed E-state index contributed by atoms with van der Waals surface area (Å²) in [7, 11) is 3.02. The minimum atomic E-state index is 0.114. The molecule has 0 unspecified atom stereocenters. The summed E-state index contributed by atoms with van der Waals surface area (Å²) in [5.41, 5.74) is 1.88. The van der Waals surface area contributed by atoms with Crippen LogP contribution in [-0.2, 0) is 0 Å². The standard InChI is InChI=1S/C14H9ClIN5OS/c1-22-10-4-2-9(3-5-10)18-12-11-8(6-17)7-21(23-16)13(11)20-14(15)19-12/h2-5,7H,1H3,(H,18,19,20). The first-order valence-electron chi connectivity index (χ1n) is 6.35. The molecular formula is C14H9ClIN5OS. The van der Waals surface area contributed by atoms with Gasteiger partial charge in [-0.1, -0.05) is 0 Å². The number of hydrogen-bond donors (Lipinski definition) is 1. The quantitative estimate of drug-likeness (QED) is 0.457. The highest BCUT2D eigenvalue weighted by Crippen LogP contribution is 2.33. The van der Waals surface area contributed by atoms with Crippen molar-refractivity contribution in [2.45, 2.75) is 0 Å². The summed E-state index contributed by atoms with van der Waals surface area (Å²) in [5.74, 6) is 1.25. The predicted octanol–water partition coefficient (Wildman–Crippen LogP) is 4.55. The summed E-state index contributed by atoms with van der Waals surface area (Å²) in [4.78, 5) is 8.46. The van der Waals surface area contributed by atoms with Crippen LogP contribution in [0.4, 0.5) is 11.5 Å². The molecule has 3 rings (SSSR count). The van der Waals surface area contributed by atoms with Crippen LogP contribution in [0.3, 0.4) is 0 Å². The molecule has 0 amide bonds. The maximum atomic E-state index is 9.36. The third-order valence-electron chi connectivity index (χ3n) is 3.13. The van der Waals surface area contributed by atoms with Crippen LogP contribution in [-0.4, -0.2) is 21.1 Å². The topological polar surface area (TPSA) is 75.8 Å². The third-order valence-corrected chi connectivity index (χ3v) is 5.00. The molecule has 0 radical (unpaired) electrons. The zero-order valence-corrected chi connectivity index (χ0v) is 15.5. The molecule has 3 aromatic rings. The van der Waals surface area contributed by atoms with Crippen LogP contribution in [0.25, 0.3) is 11.0 Å². The molecule has 1 aromatic carbocycles. The van der Waals surface area contributed by atoms with Crippen LogP contribution in [0.15, 0.2) is 30.5 Å². The van der Waals surface area contributed by atoms with Gasteiger partial charge in [-0.3, -0.25) is 3.97 Å². The van der Waals surface area contributed by atoms with Gasteiger partial charge in [-0.2, -0.15) is 15.2 Å².